The molecule has 0 aliphatic carbocycles. The summed E-state index contributed by atoms with van der Waals surface area (Å²) >= 11 is 0. The van der Waals surface area contributed by atoms with Gasteiger partial charge in [-0.25, -0.2) is 18.6 Å². The van der Waals surface area contributed by atoms with Crippen LogP contribution in [0.5, 0.6) is 5.75 Å². The molecule has 148 valence electrons. The molecule has 1 fully saturated rings. The van der Waals surface area contributed by atoms with Crippen molar-refractivity contribution in [1.29, 1.82) is 0 Å². The molecule has 0 unspecified atom stereocenters. The Bertz CT molecular complexity index is 1220. The molecule has 1 aromatic heterocycles. The molecule has 0 saturated carbocycles. The van der Waals surface area contributed by atoms with Crippen LogP contribution in [-0.2, 0) is 0 Å². The Morgan fingerprint density at radius 2 is 2.14 bits per heavy atom. The molecule has 29 heavy (non-hydrogen) atoms. The van der Waals surface area contributed by atoms with E-state index in [9.17, 15) is 13.6 Å². The standard InChI is InChI=1S/C21H18F2N4O2/c1-11-6-13(24-2)8-15-19(11)26-20(17-7-12(22)10-25-17)27(21(15)28)14-4-5-18(29-3)16(23)9-14/h4-6,8-9,12,17,25H,7,10H2,1,3H3/t12-,17+/m0/s1. The number of methoxy groups -OCH3 is 1. The zero-order valence-electron chi connectivity index (χ0n) is 15.9. The first-order valence-electron chi connectivity index (χ1n) is 9.09. The van der Waals surface area contributed by atoms with Crippen LogP contribution in [0, 0.1) is 19.3 Å². The van der Waals surface area contributed by atoms with Gasteiger partial charge < -0.3 is 10.1 Å². The van der Waals surface area contributed by atoms with Gasteiger partial charge in [-0.1, -0.05) is 6.07 Å². The van der Waals surface area contributed by atoms with Crippen LogP contribution in [-0.4, -0.2) is 29.4 Å². The van der Waals surface area contributed by atoms with Crippen LogP contribution in [0.4, 0.5) is 14.5 Å². The first kappa shape index (κ1) is 19.0. The summed E-state index contributed by atoms with van der Waals surface area (Å²) in [7, 11) is 1.35. The van der Waals surface area contributed by atoms with Crippen molar-refractivity contribution >= 4 is 16.6 Å². The highest BCUT2D eigenvalue weighted by molar-refractivity contribution is 5.85. The Kier molecular flexibility index (Phi) is 4.76. The third-order valence-corrected chi connectivity index (χ3v) is 5.09. The lowest BCUT2D eigenvalue weighted by atomic mass is 10.1. The summed E-state index contributed by atoms with van der Waals surface area (Å²) in [6, 6.07) is 6.80. The second kappa shape index (κ2) is 7.26. The molecule has 1 aliphatic heterocycles. The number of hydrogen-bond acceptors (Lipinski definition) is 4. The van der Waals surface area contributed by atoms with Crippen molar-refractivity contribution < 1.29 is 13.5 Å². The lowest BCUT2D eigenvalue weighted by molar-refractivity contribution is 0.354. The predicted octanol–water partition coefficient (Wildman–Crippen LogP) is 3.77. The highest BCUT2D eigenvalue weighted by Crippen LogP contribution is 2.29. The summed E-state index contributed by atoms with van der Waals surface area (Å²) in [5.41, 5.74) is 1.26. The number of hydrogen-bond donors (Lipinski definition) is 1. The van der Waals surface area contributed by atoms with E-state index in [-0.39, 0.29) is 29.8 Å². The maximum absolute atomic E-state index is 14.4. The third-order valence-electron chi connectivity index (χ3n) is 5.09. The topological polar surface area (TPSA) is 60.5 Å². The first-order valence-corrected chi connectivity index (χ1v) is 9.09. The Hall–Kier alpha value is -3.31. The van der Waals surface area contributed by atoms with Crippen molar-refractivity contribution in [2.24, 2.45) is 0 Å². The van der Waals surface area contributed by atoms with E-state index in [1.54, 1.807) is 19.1 Å². The van der Waals surface area contributed by atoms with Crippen LogP contribution >= 0.6 is 0 Å². The van der Waals surface area contributed by atoms with E-state index in [4.69, 9.17) is 11.3 Å². The van der Waals surface area contributed by atoms with E-state index in [0.717, 1.165) is 0 Å². The molecule has 1 aliphatic rings. The Morgan fingerprint density at radius 3 is 2.76 bits per heavy atom. The van der Waals surface area contributed by atoms with Crippen LogP contribution in [0.15, 0.2) is 35.1 Å². The van der Waals surface area contributed by atoms with Gasteiger partial charge in [0.25, 0.3) is 5.56 Å². The van der Waals surface area contributed by atoms with Crippen molar-refractivity contribution in [3.05, 3.63) is 69.3 Å². The zero-order valence-corrected chi connectivity index (χ0v) is 15.9. The summed E-state index contributed by atoms with van der Waals surface area (Å²) in [6.07, 6.45) is -0.894. The van der Waals surface area contributed by atoms with E-state index in [0.29, 0.717) is 22.6 Å². The molecule has 0 bridgehead atoms. The van der Waals surface area contributed by atoms with Gasteiger partial charge >= 0.3 is 0 Å². The van der Waals surface area contributed by atoms with Crippen LogP contribution in [0.1, 0.15) is 23.9 Å². The van der Waals surface area contributed by atoms with Crippen LogP contribution in [0.2, 0.25) is 0 Å². The van der Waals surface area contributed by atoms with E-state index in [1.165, 1.54) is 29.9 Å². The number of benzene rings is 2. The number of ether oxygens (including phenoxy) is 1. The Morgan fingerprint density at radius 1 is 1.34 bits per heavy atom. The van der Waals surface area contributed by atoms with Gasteiger partial charge in [0.2, 0.25) is 0 Å². The zero-order chi connectivity index (χ0) is 20.7. The second-order valence-corrected chi connectivity index (χ2v) is 6.99. The number of alkyl halides is 1. The third kappa shape index (κ3) is 3.23. The van der Waals surface area contributed by atoms with Crippen molar-refractivity contribution in [3.8, 4) is 11.4 Å². The van der Waals surface area contributed by atoms with E-state index in [2.05, 4.69) is 15.1 Å². The second-order valence-electron chi connectivity index (χ2n) is 6.99. The molecular weight excluding hydrogens is 378 g/mol. The lowest BCUT2D eigenvalue weighted by Crippen LogP contribution is -2.29. The first-order chi connectivity index (χ1) is 13.9. The van der Waals surface area contributed by atoms with Crippen LogP contribution in [0.3, 0.4) is 0 Å². The smallest absolute Gasteiger partial charge is 0.264 e. The summed E-state index contributed by atoms with van der Waals surface area (Å²) in [5, 5.41) is 3.30. The van der Waals surface area contributed by atoms with Gasteiger partial charge in [0.1, 0.15) is 12.0 Å². The van der Waals surface area contributed by atoms with Gasteiger partial charge in [0, 0.05) is 19.0 Å². The maximum atomic E-state index is 14.4. The fourth-order valence-electron chi connectivity index (χ4n) is 3.69. The molecule has 1 saturated heterocycles. The fourth-order valence-corrected chi connectivity index (χ4v) is 3.69. The number of rotatable bonds is 3. The van der Waals surface area contributed by atoms with Crippen LogP contribution in [0.25, 0.3) is 21.4 Å². The summed E-state index contributed by atoms with van der Waals surface area (Å²) in [5.74, 6) is -0.270. The Balaban J connectivity index is 2.04. The summed E-state index contributed by atoms with van der Waals surface area (Å²) in [6.45, 7) is 9.18. The number of nitrogens with one attached hydrogen (secondary N) is 1. The molecular formula is C21H18F2N4O2. The molecule has 3 aromatic rings. The van der Waals surface area contributed by atoms with Crippen molar-refractivity contribution in [3.63, 3.8) is 0 Å². The highest BCUT2D eigenvalue weighted by Gasteiger charge is 2.30. The van der Waals surface area contributed by atoms with Crippen molar-refractivity contribution in [2.45, 2.75) is 25.6 Å². The molecule has 1 N–H and O–H groups in total. The minimum absolute atomic E-state index is 0.0473. The highest BCUT2D eigenvalue weighted by atomic mass is 19.1. The predicted molar refractivity (Wildman–Crippen MR) is 105 cm³/mol. The van der Waals surface area contributed by atoms with E-state index >= 15 is 0 Å². The molecule has 2 aromatic carbocycles. The molecule has 2 atom stereocenters. The number of fused-ring (bicyclic) bond motifs is 1. The SMILES string of the molecule is [C-]#[N+]c1cc(C)c2nc([C@H]3C[C@H](F)CN3)n(-c3ccc(OC)c(F)c3)c(=O)c2c1. The largest absolute Gasteiger partial charge is 0.494 e. The minimum atomic E-state index is -1.06. The van der Waals surface area contributed by atoms with Crippen molar-refractivity contribution in [1.82, 2.24) is 14.9 Å². The van der Waals surface area contributed by atoms with Gasteiger partial charge in [-0.05, 0) is 30.7 Å². The normalized spacial score (nSPS) is 18.7. The van der Waals surface area contributed by atoms with Gasteiger partial charge in [-0.15, -0.1) is 0 Å². The van der Waals surface area contributed by atoms with Crippen molar-refractivity contribution in [2.75, 3.05) is 13.7 Å². The van der Waals surface area contributed by atoms with Crippen LogP contribution < -0.4 is 15.6 Å². The number of nitrogens with zero attached hydrogens (tertiary/aromatic N) is 3. The van der Waals surface area contributed by atoms with Gasteiger partial charge in [0.15, 0.2) is 17.3 Å². The van der Waals surface area contributed by atoms with E-state index in [1.807, 2.05) is 0 Å². The monoisotopic (exact) mass is 396 g/mol. The van der Waals surface area contributed by atoms with E-state index < -0.39 is 23.6 Å². The van der Waals surface area contributed by atoms with Gasteiger partial charge in [0.05, 0.1) is 36.3 Å². The van der Waals surface area contributed by atoms with Gasteiger partial charge in [-0.3, -0.25) is 9.36 Å². The Labute approximate surface area is 165 Å². The molecule has 0 radical (unpaired) electrons. The van der Waals surface area contributed by atoms with Gasteiger partial charge in [-0.2, -0.15) is 0 Å². The average molecular weight is 396 g/mol. The molecule has 4 rings (SSSR count). The number of aryl methyl sites for hydroxylation is 1. The molecule has 0 amide bonds. The minimum Gasteiger partial charge on any atom is -0.494 e. The molecule has 6 nitrogen and oxygen atoms in total. The maximum Gasteiger partial charge on any atom is 0.264 e. The quantitative estimate of drug-likeness (QED) is 0.685. The molecule has 2 heterocycles. The summed E-state index contributed by atoms with van der Waals surface area (Å²) in [4.78, 5) is 21.5. The molecule has 0 spiro atoms. The summed E-state index contributed by atoms with van der Waals surface area (Å²) < 4.78 is 34.5. The number of halogens is 2. The average Bonchev–Trinajstić information content (AvgIpc) is 3.14. The number of aromatic nitrogens is 2. The lowest BCUT2D eigenvalue weighted by Gasteiger charge is -2.19. The molecule has 8 heteroatoms. The fraction of sp³-hybridized carbons (Fsp3) is 0.286.